The molecule has 0 bridgehead atoms. The van der Waals surface area contributed by atoms with Crippen LogP contribution in [-0.4, -0.2) is 52.6 Å². The number of hydrogen-bond acceptors (Lipinski definition) is 4. The second-order valence-electron chi connectivity index (χ2n) is 6.61. The first-order chi connectivity index (χ1) is 13.4. The van der Waals surface area contributed by atoms with Crippen molar-refractivity contribution in [3.63, 3.8) is 0 Å². The molecule has 1 fully saturated rings. The Morgan fingerprint density at radius 1 is 1.00 bits per heavy atom. The summed E-state index contributed by atoms with van der Waals surface area (Å²) in [6.07, 6.45) is 0.633. The number of halogens is 3. The molecule has 3 rings (SSSR count). The van der Waals surface area contributed by atoms with Gasteiger partial charge in [0.15, 0.2) is 0 Å². The Hall–Kier alpha value is -1.74. The maximum Gasteiger partial charge on any atom is 0.240 e. The average Bonchev–Trinajstić information content (AvgIpc) is 2.68. The highest BCUT2D eigenvalue weighted by atomic mass is 35.5. The summed E-state index contributed by atoms with van der Waals surface area (Å²) in [6.45, 7) is 4.02. The lowest BCUT2D eigenvalue weighted by Gasteiger charge is -2.36. The van der Waals surface area contributed by atoms with Gasteiger partial charge in [-0.1, -0.05) is 23.7 Å². The van der Waals surface area contributed by atoms with Crippen LogP contribution in [0.15, 0.2) is 47.4 Å². The number of hydrogen-bond donors (Lipinski definition) is 1. The minimum atomic E-state index is -3.72. The van der Waals surface area contributed by atoms with E-state index in [1.807, 2.05) is 11.0 Å². The molecule has 0 aliphatic carbocycles. The second kappa shape index (κ2) is 9.17. The Morgan fingerprint density at radius 2 is 1.71 bits per heavy atom. The summed E-state index contributed by atoms with van der Waals surface area (Å²) in [5, 5.41) is -0.226. The summed E-state index contributed by atoms with van der Waals surface area (Å²) in [6, 6.07) is 10.1. The molecule has 5 nitrogen and oxygen atoms in total. The lowest BCUT2D eigenvalue weighted by molar-refractivity contribution is 0.255. The molecular formula is C19H22ClF2N3O2S. The number of nitrogens with one attached hydrogen (secondary N) is 1. The molecule has 1 aliphatic heterocycles. The number of piperazine rings is 1. The van der Waals surface area contributed by atoms with Crippen LogP contribution in [0.4, 0.5) is 14.5 Å². The van der Waals surface area contributed by atoms with E-state index in [1.54, 1.807) is 12.1 Å². The van der Waals surface area contributed by atoms with E-state index < -0.39 is 15.8 Å². The van der Waals surface area contributed by atoms with Gasteiger partial charge >= 0.3 is 0 Å². The third kappa shape index (κ3) is 5.20. The molecule has 1 saturated heterocycles. The van der Waals surface area contributed by atoms with Crippen LogP contribution in [-0.2, 0) is 10.0 Å². The van der Waals surface area contributed by atoms with Crippen LogP contribution in [0.2, 0.25) is 5.02 Å². The summed E-state index contributed by atoms with van der Waals surface area (Å²) in [5.74, 6) is -0.874. The van der Waals surface area contributed by atoms with Crippen LogP contribution in [0.25, 0.3) is 0 Å². The predicted octanol–water partition coefficient (Wildman–Crippen LogP) is 3.11. The zero-order valence-corrected chi connectivity index (χ0v) is 16.8. The lowest BCUT2D eigenvalue weighted by atomic mass is 10.2. The van der Waals surface area contributed by atoms with E-state index in [-0.39, 0.29) is 22.3 Å². The number of benzene rings is 2. The van der Waals surface area contributed by atoms with Gasteiger partial charge in [0.25, 0.3) is 0 Å². The van der Waals surface area contributed by atoms with Crippen LogP contribution in [0.3, 0.4) is 0 Å². The van der Waals surface area contributed by atoms with Crippen molar-refractivity contribution >= 4 is 27.3 Å². The fourth-order valence-corrected chi connectivity index (χ4v) is 4.50. The Bertz CT molecular complexity index is 919. The van der Waals surface area contributed by atoms with E-state index in [1.165, 1.54) is 12.1 Å². The minimum absolute atomic E-state index is 0.0580. The predicted molar refractivity (Wildman–Crippen MR) is 106 cm³/mol. The van der Waals surface area contributed by atoms with Crippen LogP contribution in [0.5, 0.6) is 0 Å². The molecule has 1 heterocycles. The Labute approximate surface area is 169 Å². The highest BCUT2D eigenvalue weighted by Crippen LogP contribution is 2.21. The molecule has 0 radical (unpaired) electrons. The molecule has 2 aromatic rings. The van der Waals surface area contributed by atoms with Crippen molar-refractivity contribution in [2.75, 3.05) is 44.2 Å². The number of anilines is 1. The summed E-state index contributed by atoms with van der Waals surface area (Å²) in [4.78, 5) is 4.19. The maximum atomic E-state index is 13.9. The zero-order valence-electron chi connectivity index (χ0n) is 15.2. The quantitative estimate of drug-likeness (QED) is 0.687. The van der Waals surface area contributed by atoms with Crippen molar-refractivity contribution in [2.24, 2.45) is 0 Å². The average molecular weight is 430 g/mol. The molecule has 0 unspecified atom stereocenters. The van der Waals surface area contributed by atoms with Gasteiger partial charge in [0.1, 0.15) is 11.6 Å². The molecule has 0 spiro atoms. The van der Waals surface area contributed by atoms with E-state index in [4.69, 9.17) is 11.6 Å². The van der Waals surface area contributed by atoms with Gasteiger partial charge in [-0.3, -0.25) is 4.90 Å². The highest BCUT2D eigenvalue weighted by molar-refractivity contribution is 7.89. The molecule has 1 N–H and O–H groups in total. The van der Waals surface area contributed by atoms with Crippen molar-refractivity contribution < 1.29 is 17.2 Å². The highest BCUT2D eigenvalue weighted by Gasteiger charge is 2.19. The van der Waals surface area contributed by atoms with Crippen molar-refractivity contribution in [3.05, 3.63) is 59.1 Å². The van der Waals surface area contributed by atoms with Crippen LogP contribution in [0.1, 0.15) is 6.42 Å². The van der Waals surface area contributed by atoms with Gasteiger partial charge in [0, 0.05) is 32.7 Å². The van der Waals surface area contributed by atoms with Gasteiger partial charge in [0.05, 0.1) is 15.6 Å². The molecular weight excluding hydrogens is 408 g/mol. The van der Waals surface area contributed by atoms with Crippen LogP contribution >= 0.6 is 11.6 Å². The van der Waals surface area contributed by atoms with Gasteiger partial charge in [-0.15, -0.1) is 0 Å². The van der Waals surface area contributed by atoms with E-state index in [0.29, 0.717) is 12.1 Å². The number of para-hydroxylation sites is 1. The van der Waals surface area contributed by atoms with Gasteiger partial charge in [-0.25, -0.2) is 21.9 Å². The molecule has 2 aromatic carbocycles. The standard InChI is InChI=1S/C19H22ClF2N3O2S/c20-16-14-15(6-7-17(16)21)28(26,27)23-8-3-9-24-10-12-25(13-11-24)19-5-2-1-4-18(19)22/h1-2,4-7,14,23H,3,8-13H2. The van der Waals surface area contributed by atoms with Crippen molar-refractivity contribution in [1.82, 2.24) is 9.62 Å². The molecule has 152 valence electrons. The first kappa shape index (κ1) is 21.0. The summed E-state index contributed by atoms with van der Waals surface area (Å²) in [5.41, 5.74) is 0.618. The number of nitrogens with zero attached hydrogens (tertiary/aromatic N) is 2. The van der Waals surface area contributed by atoms with E-state index in [2.05, 4.69) is 9.62 Å². The van der Waals surface area contributed by atoms with Crippen LogP contribution < -0.4 is 9.62 Å². The smallest absolute Gasteiger partial charge is 0.240 e. The molecule has 0 amide bonds. The number of rotatable bonds is 7. The lowest BCUT2D eigenvalue weighted by Crippen LogP contribution is -2.47. The topological polar surface area (TPSA) is 52.7 Å². The minimum Gasteiger partial charge on any atom is -0.367 e. The van der Waals surface area contributed by atoms with Crippen molar-refractivity contribution in [3.8, 4) is 0 Å². The normalized spacial score (nSPS) is 15.8. The Morgan fingerprint density at radius 3 is 2.39 bits per heavy atom. The van der Waals surface area contributed by atoms with Gasteiger partial charge in [-0.2, -0.15) is 0 Å². The fourth-order valence-electron chi connectivity index (χ4n) is 3.16. The molecule has 1 aliphatic rings. The largest absolute Gasteiger partial charge is 0.367 e. The van der Waals surface area contributed by atoms with E-state index in [9.17, 15) is 17.2 Å². The third-order valence-electron chi connectivity index (χ3n) is 4.71. The van der Waals surface area contributed by atoms with Gasteiger partial charge in [-0.05, 0) is 43.3 Å². The first-order valence-corrected chi connectivity index (χ1v) is 10.9. The van der Waals surface area contributed by atoms with E-state index in [0.717, 1.165) is 44.9 Å². The molecule has 28 heavy (non-hydrogen) atoms. The molecule has 0 aromatic heterocycles. The Balaban J connectivity index is 1.42. The maximum absolute atomic E-state index is 13.9. The second-order valence-corrected chi connectivity index (χ2v) is 8.78. The number of sulfonamides is 1. The molecule has 0 saturated carbocycles. The fraction of sp³-hybridized carbons (Fsp3) is 0.368. The summed E-state index contributed by atoms with van der Waals surface area (Å²) in [7, 11) is -3.72. The Kier molecular flexibility index (Phi) is 6.87. The van der Waals surface area contributed by atoms with Gasteiger partial charge in [0.2, 0.25) is 10.0 Å². The summed E-state index contributed by atoms with van der Waals surface area (Å²) < 4.78 is 54.0. The van der Waals surface area contributed by atoms with Crippen molar-refractivity contribution in [2.45, 2.75) is 11.3 Å². The van der Waals surface area contributed by atoms with Crippen molar-refractivity contribution in [1.29, 1.82) is 0 Å². The van der Waals surface area contributed by atoms with Crippen LogP contribution in [0, 0.1) is 11.6 Å². The van der Waals surface area contributed by atoms with Gasteiger partial charge < -0.3 is 4.90 Å². The zero-order chi connectivity index (χ0) is 20.1. The van der Waals surface area contributed by atoms with E-state index >= 15 is 0 Å². The molecule has 0 atom stereocenters. The summed E-state index contributed by atoms with van der Waals surface area (Å²) >= 11 is 5.65. The first-order valence-electron chi connectivity index (χ1n) is 9.03. The monoisotopic (exact) mass is 429 g/mol. The molecule has 9 heteroatoms. The SMILES string of the molecule is O=S(=O)(NCCCN1CCN(c2ccccc2F)CC1)c1ccc(F)c(Cl)c1. The third-order valence-corrected chi connectivity index (χ3v) is 6.46.